The van der Waals surface area contributed by atoms with E-state index in [1.807, 2.05) is 24.0 Å². The highest BCUT2D eigenvalue weighted by Gasteiger charge is 2.54. The third-order valence-corrected chi connectivity index (χ3v) is 10.0. The molecule has 4 radical (unpaired) electrons. The molecule has 1 amide bonds. The van der Waals surface area contributed by atoms with E-state index in [2.05, 4.69) is 16.4 Å². The van der Waals surface area contributed by atoms with Gasteiger partial charge in [0.05, 0.1) is 43.4 Å². The number of aryl methyl sites for hydroxylation is 2. The minimum Gasteiger partial charge on any atom is -0.356 e. The van der Waals surface area contributed by atoms with Crippen molar-refractivity contribution in [2.24, 2.45) is 11.8 Å². The Kier molecular flexibility index (Phi) is 6.62. The van der Waals surface area contributed by atoms with Gasteiger partial charge in [0, 0.05) is 58.2 Å². The summed E-state index contributed by atoms with van der Waals surface area (Å²) in [6.07, 6.45) is 3.00. The maximum Gasteiger partial charge on any atom is 0.226 e. The Balaban J connectivity index is 1.44. The van der Waals surface area contributed by atoms with Crippen molar-refractivity contribution >= 4 is 66.6 Å². The van der Waals surface area contributed by atoms with Crippen LogP contribution in [0.4, 0.5) is 4.39 Å². The smallest absolute Gasteiger partial charge is 0.226 e. The van der Waals surface area contributed by atoms with Gasteiger partial charge in [-0.15, -0.1) is 0 Å². The summed E-state index contributed by atoms with van der Waals surface area (Å²) in [6.45, 7) is 2.37. The molecule has 2 bridgehead atoms. The first-order chi connectivity index (χ1) is 20.1. The SMILES string of the molecule is [B]C1([B])NCC2CC1C(c1cc3c(C)nc4c(F)c(-c5cccc(Cl)c5Cl)c(CCC#N)cc4c3[nH]1)N2C(=O)C1CC1. The zero-order valence-electron chi connectivity index (χ0n) is 23.0. The van der Waals surface area contributed by atoms with Crippen LogP contribution in [0.3, 0.4) is 0 Å². The maximum atomic E-state index is 16.6. The predicted octanol–water partition coefficient (Wildman–Crippen LogP) is 5.86. The van der Waals surface area contributed by atoms with Crippen molar-refractivity contribution in [1.82, 2.24) is 20.2 Å². The number of nitrogens with zero attached hydrogens (tertiary/aromatic N) is 3. The molecule has 42 heavy (non-hydrogen) atoms. The normalized spacial score (nSPS) is 23.0. The number of nitriles is 1. The Bertz CT molecular complexity index is 1830. The summed E-state index contributed by atoms with van der Waals surface area (Å²) in [5.74, 6) is -0.566. The molecule has 2 N–H and O–H groups in total. The van der Waals surface area contributed by atoms with Gasteiger partial charge < -0.3 is 15.2 Å². The van der Waals surface area contributed by atoms with E-state index in [9.17, 15) is 10.1 Å². The third-order valence-electron chi connectivity index (χ3n) is 9.18. The van der Waals surface area contributed by atoms with Crippen LogP contribution in [-0.2, 0) is 11.2 Å². The van der Waals surface area contributed by atoms with E-state index < -0.39 is 11.2 Å². The van der Waals surface area contributed by atoms with Gasteiger partial charge in [0.1, 0.15) is 5.52 Å². The van der Waals surface area contributed by atoms with Crippen molar-refractivity contribution in [3.8, 4) is 17.2 Å². The minimum atomic E-state index is -1.14. The number of H-pyrrole nitrogens is 1. The van der Waals surface area contributed by atoms with Gasteiger partial charge in [0.25, 0.3) is 0 Å². The third kappa shape index (κ3) is 4.25. The average Bonchev–Trinajstić information content (AvgIpc) is 3.61. The van der Waals surface area contributed by atoms with Gasteiger partial charge in [-0.25, -0.2) is 9.37 Å². The first kappa shape index (κ1) is 27.8. The highest BCUT2D eigenvalue weighted by molar-refractivity contribution is 6.43. The van der Waals surface area contributed by atoms with Gasteiger partial charge >= 0.3 is 0 Å². The van der Waals surface area contributed by atoms with E-state index >= 15 is 4.39 Å². The molecule has 208 valence electrons. The van der Waals surface area contributed by atoms with Crippen LogP contribution < -0.4 is 5.32 Å². The summed E-state index contributed by atoms with van der Waals surface area (Å²) < 4.78 is 16.6. The molecule has 4 aromatic rings. The molecule has 2 aliphatic heterocycles. The summed E-state index contributed by atoms with van der Waals surface area (Å²) in [5.41, 5.74) is 3.70. The number of pyridine rings is 1. The van der Waals surface area contributed by atoms with E-state index in [0.717, 1.165) is 23.9 Å². The van der Waals surface area contributed by atoms with Crippen LogP contribution >= 0.6 is 23.2 Å². The fourth-order valence-corrected chi connectivity index (χ4v) is 7.37. The van der Waals surface area contributed by atoms with Gasteiger partial charge in [-0.3, -0.25) is 4.79 Å². The van der Waals surface area contributed by atoms with E-state index in [1.165, 1.54) is 0 Å². The van der Waals surface area contributed by atoms with Crippen LogP contribution in [0, 0.1) is 35.9 Å². The first-order valence-corrected chi connectivity index (χ1v) is 15.0. The lowest BCUT2D eigenvalue weighted by Crippen LogP contribution is -2.57. The molecule has 4 heterocycles. The molecular formula is C31H26B2Cl2FN5O. The monoisotopic (exact) mass is 595 g/mol. The predicted molar refractivity (Wildman–Crippen MR) is 164 cm³/mol. The minimum absolute atomic E-state index is 0.00395. The van der Waals surface area contributed by atoms with Crippen molar-refractivity contribution in [2.45, 2.75) is 56.4 Å². The number of fused-ring (bicyclic) bond motifs is 5. The quantitative estimate of drug-likeness (QED) is 0.283. The lowest BCUT2D eigenvalue weighted by molar-refractivity contribution is -0.135. The number of halogens is 3. The standard InChI is InChI=1S/C31H26B2Cl2FN5O/c1-14-19-12-23(29-21-11-17(13-38-31(21,32)33)41(29)30(42)15-7-8-15)40-27(19)20-10-16(4-3-9-37)24(26(36)28(20)39-14)18-5-2-6-22(34)25(18)35/h2,5-6,10,12,15,17,21,29,38,40H,3-4,7-8,11,13H2,1H3. The molecule has 3 unspecified atom stereocenters. The number of aromatic nitrogens is 2. The zero-order chi connectivity index (χ0) is 29.5. The molecule has 2 aromatic heterocycles. The van der Waals surface area contributed by atoms with E-state index in [-0.39, 0.29) is 52.4 Å². The number of carbonyl (C=O) groups excluding carboxylic acids is 1. The number of likely N-dealkylation sites (tertiary alicyclic amines) is 1. The average molecular weight is 596 g/mol. The van der Waals surface area contributed by atoms with Crippen LogP contribution in [0.5, 0.6) is 0 Å². The molecule has 2 saturated heterocycles. The molecular weight excluding hydrogens is 570 g/mol. The van der Waals surface area contributed by atoms with Crippen molar-refractivity contribution in [3.63, 3.8) is 0 Å². The Morgan fingerprint density at radius 3 is 2.79 bits per heavy atom. The zero-order valence-corrected chi connectivity index (χ0v) is 24.5. The number of aromatic amines is 1. The summed E-state index contributed by atoms with van der Waals surface area (Å²) in [6, 6.07) is 10.8. The first-order valence-electron chi connectivity index (χ1n) is 14.2. The second-order valence-corrected chi connectivity index (χ2v) is 12.7. The molecule has 7 rings (SSSR count). The molecule has 1 aliphatic carbocycles. The highest BCUT2D eigenvalue weighted by Crippen LogP contribution is 2.50. The summed E-state index contributed by atoms with van der Waals surface area (Å²) in [7, 11) is 13.1. The van der Waals surface area contributed by atoms with Gasteiger partial charge in [-0.2, -0.15) is 5.26 Å². The second-order valence-electron chi connectivity index (χ2n) is 11.9. The molecule has 1 saturated carbocycles. The summed E-state index contributed by atoms with van der Waals surface area (Å²) in [4.78, 5) is 23.8. The largest absolute Gasteiger partial charge is 0.356 e. The molecule has 0 spiro atoms. The van der Waals surface area contributed by atoms with Crippen LogP contribution in [0.25, 0.3) is 32.9 Å². The number of carbonyl (C=O) groups is 1. The Morgan fingerprint density at radius 1 is 1.26 bits per heavy atom. The van der Waals surface area contributed by atoms with Crippen molar-refractivity contribution in [2.75, 3.05) is 6.54 Å². The number of piperidine rings is 1. The Labute approximate surface area is 255 Å². The Morgan fingerprint density at radius 2 is 2.05 bits per heavy atom. The van der Waals surface area contributed by atoms with Crippen molar-refractivity contribution in [3.05, 3.63) is 63.1 Å². The summed E-state index contributed by atoms with van der Waals surface area (Å²) >= 11 is 12.8. The van der Waals surface area contributed by atoms with Gasteiger partial charge in [-0.05, 0) is 62.3 Å². The Hall–Kier alpha value is -3.05. The highest BCUT2D eigenvalue weighted by atomic mass is 35.5. The number of rotatable bonds is 5. The number of amides is 1. The molecule has 6 nitrogen and oxygen atoms in total. The van der Waals surface area contributed by atoms with E-state index in [1.54, 1.807) is 18.2 Å². The second kappa shape index (κ2) is 10.0. The van der Waals surface area contributed by atoms with Crippen LogP contribution in [0.2, 0.25) is 10.0 Å². The molecule has 2 aromatic carbocycles. The van der Waals surface area contributed by atoms with E-state index in [4.69, 9.17) is 43.9 Å². The van der Waals surface area contributed by atoms with Gasteiger partial charge in [0.2, 0.25) is 5.91 Å². The fourth-order valence-electron chi connectivity index (χ4n) is 6.97. The lowest BCUT2D eigenvalue weighted by atomic mass is 9.52. The topological polar surface area (TPSA) is 84.8 Å². The lowest BCUT2D eigenvalue weighted by Gasteiger charge is -2.39. The van der Waals surface area contributed by atoms with Crippen LogP contribution in [0.15, 0.2) is 30.3 Å². The molecule has 3 atom stereocenters. The van der Waals surface area contributed by atoms with Crippen molar-refractivity contribution < 1.29 is 9.18 Å². The fraction of sp³-hybridized carbons (Fsp3) is 0.387. The summed E-state index contributed by atoms with van der Waals surface area (Å²) in [5, 5.41) is 13.4. The molecule has 11 heteroatoms. The maximum absolute atomic E-state index is 16.6. The van der Waals surface area contributed by atoms with Gasteiger partial charge in [-0.1, -0.05) is 40.7 Å². The van der Waals surface area contributed by atoms with E-state index in [0.29, 0.717) is 52.1 Å². The van der Waals surface area contributed by atoms with Crippen LogP contribution in [0.1, 0.15) is 48.7 Å². The number of hydrogen-bond donors (Lipinski definition) is 2. The molecule has 3 fully saturated rings. The van der Waals surface area contributed by atoms with Gasteiger partial charge in [0.15, 0.2) is 5.82 Å². The molecule has 3 aliphatic rings. The van der Waals surface area contributed by atoms with Crippen molar-refractivity contribution in [1.29, 1.82) is 5.26 Å². The number of nitrogens with one attached hydrogen (secondary N) is 2. The van der Waals surface area contributed by atoms with Crippen LogP contribution in [-0.4, -0.2) is 54.4 Å². The number of benzene rings is 2. The number of hydrogen-bond acceptors (Lipinski definition) is 4.